The summed E-state index contributed by atoms with van der Waals surface area (Å²) in [5.74, 6) is 0. The molecule has 18 heavy (non-hydrogen) atoms. The second-order valence-electron chi connectivity index (χ2n) is 5.14. The number of hydrogen-bond acceptors (Lipinski definition) is 3. The molecule has 0 saturated carbocycles. The first kappa shape index (κ1) is 13.4. The van der Waals surface area contributed by atoms with E-state index >= 15 is 0 Å². The lowest BCUT2D eigenvalue weighted by Gasteiger charge is -2.39. The van der Waals surface area contributed by atoms with E-state index in [0.29, 0.717) is 6.04 Å². The summed E-state index contributed by atoms with van der Waals surface area (Å²) in [6, 6.07) is 11.4. The Hall–Kier alpha value is -1.06. The van der Waals surface area contributed by atoms with Gasteiger partial charge in [0.05, 0.1) is 0 Å². The van der Waals surface area contributed by atoms with E-state index in [0.717, 1.165) is 26.1 Å². The van der Waals surface area contributed by atoms with E-state index in [1.807, 2.05) is 0 Å². The average molecular weight is 247 g/mol. The summed E-state index contributed by atoms with van der Waals surface area (Å²) in [7, 11) is 0. The number of rotatable bonds is 5. The van der Waals surface area contributed by atoms with Gasteiger partial charge in [-0.15, -0.1) is 0 Å². The number of nitrogens with two attached hydrogens (primary N) is 1. The molecule has 1 aromatic rings. The molecule has 2 rings (SSSR count). The highest BCUT2D eigenvalue weighted by Gasteiger charge is 2.20. The lowest BCUT2D eigenvalue weighted by atomic mass is 10.1. The zero-order valence-corrected chi connectivity index (χ0v) is 11.4. The molecule has 3 nitrogen and oxygen atoms in total. The predicted molar refractivity (Wildman–Crippen MR) is 78.0 cm³/mol. The summed E-state index contributed by atoms with van der Waals surface area (Å²) in [4.78, 5) is 5.07. The fraction of sp³-hybridized carbons (Fsp3) is 0.600. The third kappa shape index (κ3) is 3.47. The normalized spacial score (nSPS) is 18.9. The largest absolute Gasteiger partial charge is 0.369 e. The van der Waals surface area contributed by atoms with Gasteiger partial charge in [0.25, 0.3) is 0 Å². The molecular formula is C15H25N3. The number of benzene rings is 1. The number of nitrogens with zero attached hydrogens (tertiary/aromatic N) is 2. The van der Waals surface area contributed by atoms with Gasteiger partial charge in [-0.1, -0.05) is 18.2 Å². The van der Waals surface area contributed by atoms with Gasteiger partial charge in [0.1, 0.15) is 0 Å². The summed E-state index contributed by atoms with van der Waals surface area (Å²) in [6.45, 7) is 7.75. The van der Waals surface area contributed by atoms with Gasteiger partial charge in [-0.25, -0.2) is 0 Å². The molecule has 1 fully saturated rings. The van der Waals surface area contributed by atoms with Crippen LogP contribution in [0.2, 0.25) is 0 Å². The van der Waals surface area contributed by atoms with Gasteiger partial charge < -0.3 is 10.6 Å². The van der Waals surface area contributed by atoms with E-state index < -0.39 is 0 Å². The Labute approximate surface area is 111 Å². The van der Waals surface area contributed by atoms with Crippen molar-refractivity contribution in [1.82, 2.24) is 4.90 Å². The highest BCUT2D eigenvalue weighted by Crippen LogP contribution is 2.17. The molecule has 0 aromatic heterocycles. The topological polar surface area (TPSA) is 32.5 Å². The molecule has 0 spiro atoms. The summed E-state index contributed by atoms with van der Waals surface area (Å²) >= 11 is 0. The summed E-state index contributed by atoms with van der Waals surface area (Å²) in [6.07, 6.45) is 2.36. The first-order valence-electron chi connectivity index (χ1n) is 7.05. The van der Waals surface area contributed by atoms with E-state index in [2.05, 4.69) is 47.1 Å². The fourth-order valence-electron chi connectivity index (χ4n) is 2.66. The van der Waals surface area contributed by atoms with Crippen molar-refractivity contribution < 1.29 is 0 Å². The van der Waals surface area contributed by atoms with E-state index in [1.54, 1.807) is 0 Å². The van der Waals surface area contributed by atoms with Gasteiger partial charge >= 0.3 is 0 Å². The lowest BCUT2D eigenvalue weighted by Crippen LogP contribution is -2.49. The molecule has 3 heteroatoms. The minimum Gasteiger partial charge on any atom is -0.369 e. The second kappa shape index (κ2) is 6.76. The molecule has 0 bridgehead atoms. The zero-order valence-electron chi connectivity index (χ0n) is 11.4. The standard InChI is InChI=1S/C15H25N3/c1-14(6-5-9-16)17-10-12-18(13-11-17)15-7-3-2-4-8-15/h2-4,7-8,14H,5-6,9-13,16H2,1H3. The van der Waals surface area contributed by atoms with Crippen LogP contribution in [0.25, 0.3) is 0 Å². The van der Waals surface area contributed by atoms with Gasteiger partial charge in [0.2, 0.25) is 0 Å². The highest BCUT2D eigenvalue weighted by molar-refractivity contribution is 5.46. The van der Waals surface area contributed by atoms with Crippen LogP contribution in [-0.4, -0.2) is 43.7 Å². The van der Waals surface area contributed by atoms with Crippen molar-refractivity contribution in [3.8, 4) is 0 Å². The molecule has 2 N–H and O–H groups in total. The smallest absolute Gasteiger partial charge is 0.0367 e. The predicted octanol–water partition coefficient (Wildman–Crippen LogP) is 1.94. The number of anilines is 1. The average Bonchev–Trinajstić information content (AvgIpc) is 2.46. The van der Waals surface area contributed by atoms with E-state index in [9.17, 15) is 0 Å². The SMILES string of the molecule is CC(CCCN)N1CCN(c2ccccc2)CC1. The van der Waals surface area contributed by atoms with Crippen molar-refractivity contribution in [3.05, 3.63) is 30.3 Å². The monoisotopic (exact) mass is 247 g/mol. The third-order valence-electron chi connectivity index (χ3n) is 3.88. The maximum Gasteiger partial charge on any atom is 0.0367 e. The first-order valence-corrected chi connectivity index (χ1v) is 7.05. The van der Waals surface area contributed by atoms with Crippen molar-refractivity contribution in [1.29, 1.82) is 0 Å². The molecular weight excluding hydrogens is 222 g/mol. The minimum atomic E-state index is 0.673. The van der Waals surface area contributed by atoms with Crippen molar-refractivity contribution in [2.24, 2.45) is 5.73 Å². The van der Waals surface area contributed by atoms with Crippen LogP contribution in [0, 0.1) is 0 Å². The number of para-hydroxylation sites is 1. The Morgan fingerprint density at radius 2 is 1.78 bits per heavy atom. The third-order valence-corrected chi connectivity index (χ3v) is 3.88. The summed E-state index contributed by atoms with van der Waals surface area (Å²) < 4.78 is 0. The Bertz CT molecular complexity index is 331. The Kier molecular flexibility index (Phi) is 5.02. The number of hydrogen-bond donors (Lipinski definition) is 1. The molecule has 0 radical (unpaired) electrons. The summed E-state index contributed by atoms with van der Waals surface area (Å²) in [5, 5.41) is 0. The van der Waals surface area contributed by atoms with Gasteiger partial charge in [-0.05, 0) is 38.4 Å². The lowest BCUT2D eigenvalue weighted by molar-refractivity contribution is 0.187. The van der Waals surface area contributed by atoms with Crippen LogP contribution in [0.5, 0.6) is 0 Å². The van der Waals surface area contributed by atoms with Crippen LogP contribution in [-0.2, 0) is 0 Å². The van der Waals surface area contributed by atoms with Crippen LogP contribution in [0.15, 0.2) is 30.3 Å². The van der Waals surface area contributed by atoms with Crippen LogP contribution < -0.4 is 10.6 Å². The van der Waals surface area contributed by atoms with Gasteiger partial charge in [-0.3, -0.25) is 4.90 Å². The molecule has 100 valence electrons. The van der Waals surface area contributed by atoms with Crippen LogP contribution in [0.4, 0.5) is 5.69 Å². The van der Waals surface area contributed by atoms with Crippen LogP contribution >= 0.6 is 0 Å². The highest BCUT2D eigenvalue weighted by atomic mass is 15.3. The van der Waals surface area contributed by atoms with Gasteiger partial charge in [0.15, 0.2) is 0 Å². The van der Waals surface area contributed by atoms with E-state index in [4.69, 9.17) is 5.73 Å². The zero-order chi connectivity index (χ0) is 12.8. The molecule has 1 aliphatic rings. The van der Waals surface area contributed by atoms with Crippen LogP contribution in [0.1, 0.15) is 19.8 Å². The Balaban J connectivity index is 1.81. The minimum absolute atomic E-state index is 0.673. The van der Waals surface area contributed by atoms with Crippen molar-refractivity contribution in [2.45, 2.75) is 25.8 Å². The molecule has 1 atom stereocenters. The fourth-order valence-corrected chi connectivity index (χ4v) is 2.66. The quantitative estimate of drug-likeness (QED) is 0.863. The van der Waals surface area contributed by atoms with E-state index in [1.165, 1.54) is 25.2 Å². The molecule has 1 heterocycles. The van der Waals surface area contributed by atoms with Crippen LogP contribution in [0.3, 0.4) is 0 Å². The van der Waals surface area contributed by atoms with Gasteiger partial charge in [-0.2, -0.15) is 0 Å². The molecule has 1 aromatic carbocycles. The van der Waals surface area contributed by atoms with Crippen molar-refractivity contribution >= 4 is 5.69 Å². The molecule has 1 aliphatic heterocycles. The first-order chi connectivity index (χ1) is 8.81. The van der Waals surface area contributed by atoms with Crippen molar-refractivity contribution in [3.63, 3.8) is 0 Å². The van der Waals surface area contributed by atoms with Gasteiger partial charge in [0, 0.05) is 37.9 Å². The maximum atomic E-state index is 5.58. The maximum absolute atomic E-state index is 5.58. The second-order valence-corrected chi connectivity index (χ2v) is 5.14. The number of piperazine rings is 1. The van der Waals surface area contributed by atoms with Crippen molar-refractivity contribution in [2.75, 3.05) is 37.6 Å². The molecule has 0 amide bonds. The van der Waals surface area contributed by atoms with E-state index in [-0.39, 0.29) is 0 Å². The molecule has 1 unspecified atom stereocenters. The Morgan fingerprint density at radius 1 is 1.11 bits per heavy atom. The summed E-state index contributed by atoms with van der Waals surface area (Å²) in [5.41, 5.74) is 6.93. The molecule has 1 saturated heterocycles. The molecule has 0 aliphatic carbocycles. The Morgan fingerprint density at radius 3 is 2.39 bits per heavy atom.